The molecule has 0 amide bonds. The van der Waals surface area contributed by atoms with Crippen molar-refractivity contribution in [3.63, 3.8) is 0 Å². The molecule has 0 atom stereocenters. The average molecular weight is 342 g/mol. The number of thioether (sulfide) groups is 2. The summed E-state index contributed by atoms with van der Waals surface area (Å²) in [5.74, 6) is 0.631. The van der Waals surface area contributed by atoms with E-state index in [9.17, 15) is 4.79 Å². The Morgan fingerprint density at radius 2 is 2.15 bits per heavy atom. The van der Waals surface area contributed by atoms with E-state index in [1.54, 1.807) is 45.3 Å². The molecule has 20 heavy (non-hydrogen) atoms. The van der Waals surface area contributed by atoms with Crippen LogP contribution in [0.2, 0.25) is 0 Å². The minimum absolute atomic E-state index is 0.0218. The van der Waals surface area contributed by atoms with E-state index in [4.69, 9.17) is 0 Å². The summed E-state index contributed by atoms with van der Waals surface area (Å²) in [5.41, 5.74) is 1.68. The monoisotopic (exact) mass is 342 g/mol. The number of thiazole rings is 1. The SMILES string of the molecule is CSc1nnc(SCc2cc(=O)n3c(C)csc3n2)s1. The van der Waals surface area contributed by atoms with Crippen molar-refractivity contribution in [3.05, 3.63) is 33.2 Å². The van der Waals surface area contributed by atoms with E-state index in [1.807, 2.05) is 18.6 Å². The van der Waals surface area contributed by atoms with Crippen molar-refractivity contribution >= 4 is 51.2 Å². The van der Waals surface area contributed by atoms with Gasteiger partial charge in [0.1, 0.15) is 0 Å². The first kappa shape index (κ1) is 14.1. The maximum atomic E-state index is 12.0. The van der Waals surface area contributed by atoms with E-state index in [-0.39, 0.29) is 5.56 Å². The largest absolute Gasteiger partial charge is 0.269 e. The molecule has 5 nitrogen and oxygen atoms in total. The zero-order valence-corrected chi connectivity index (χ0v) is 14.0. The number of rotatable bonds is 4. The zero-order valence-electron chi connectivity index (χ0n) is 10.7. The lowest BCUT2D eigenvalue weighted by Crippen LogP contribution is -2.14. The van der Waals surface area contributed by atoms with Gasteiger partial charge in [0.05, 0.1) is 5.69 Å². The van der Waals surface area contributed by atoms with Gasteiger partial charge in [0.25, 0.3) is 5.56 Å². The Bertz CT molecular complexity index is 806. The standard InChI is InChI=1S/C11H10N4OS4/c1-6-4-18-9-12-7(3-8(16)15(6)9)5-19-11-14-13-10(17-2)20-11/h3-4H,5H2,1-2H3. The molecule has 3 heterocycles. The van der Waals surface area contributed by atoms with E-state index < -0.39 is 0 Å². The summed E-state index contributed by atoms with van der Waals surface area (Å²) in [5, 5.41) is 10.1. The quantitative estimate of drug-likeness (QED) is 0.680. The third-order valence-corrected chi connectivity index (χ3v) is 6.54. The molecule has 0 aliphatic carbocycles. The maximum Gasteiger partial charge on any atom is 0.258 e. The van der Waals surface area contributed by atoms with Crippen LogP contribution in [0.4, 0.5) is 0 Å². The number of aromatic nitrogens is 4. The molecule has 0 fully saturated rings. The zero-order chi connectivity index (χ0) is 14.1. The predicted octanol–water partition coefficient (Wildman–Crippen LogP) is 2.93. The van der Waals surface area contributed by atoms with Crippen molar-refractivity contribution in [1.82, 2.24) is 19.6 Å². The van der Waals surface area contributed by atoms with Crippen LogP contribution < -0.4 is 5.56 Å². The lowest BCUT2D eigenvalue weighted by Gasteiger charge is -1.99. The van der Waals surface area contributed by atoms with Crippen LogP contribution in [0.3, 0.4) is 0 Å². The van der Waals surface area contributed by atoms with E-state index in [0.29, 0.717) is 5.75 Å². The molecule has 0 radical (unpaired) electrons. The Balaban J connectivity index is 1.82. The second kappa shape index (κ2) is 5.84. The molecular weight excluding hydrogens is 332 g/mol. The maximum absolute atomic E-state index is 12.0. The molecule has 0 aliphatic heterocycles. The van der Waals surface area contributed by atoms with Crippen LogP contribution in [0.15, 0.2) is 24.9 Å². The summed E-state index contributed by atoms with van der Waals surface area (Å²) >= 11 is 6.19. The topological polar surface area (TPSA) is 60.2 Å². The number of aryl methyl sites for hydroxylation is 1. The van der Waals surface area contributed by atoms with Gasteiger partial charge in [-0.25, -0.2) is 4.98 Å². The van der Waals surface area contributed by atoms with Crippen LogP contribution >= 0.6 is 46.2 Å². The van der Waals surface area contributed by atoms with Gasteiger partial charge < -0.3 is 0 Å². The van der Waals surface area contributed by atoms with Gasteiger partial charge >= 0.3 is 0 Å². The summed E-state index contributed by atoms with van der Waals surface area (Å²) in [7, 11) is 0. The van der Waals surface area contributed by atoms with E-state index in [0.717, 1.165) is 25.0 Å². The lowest BCUT2D eigenvalue weighted by atomic mass is 10.4. The summed E-state index contributed by atoms with van der Waals surface area (Å²) in [4.78, 5) is 17.3. The molecule has 104 valence electrons. The Morgan fingerprint density at radius 3 is 2.90 bits per heavy atom. The summed E-state index contributed by atoms with van der Waals surface area (Å²) < 4.78 is 3.49. The van der Waals surface area contributed by atoms with E-state index in [2.05, 4.69) is 15.2 Å². The highest BCUT2D eigenvalue weighted by Gasteiger charge is 2.09. The van der Waals surface area contributed by atoms with Gasteiger partial charge in [-0.15, -0.1) is 21.5 Å². The Labute approximate surface area is 131 Å². The Morgan fingerprint density at radius 1 is 1.35 bits per heavy atom. The van der Waals surface area contributed by atoms with Crippen molar-refractivity contribution in [1.29, 1.82) is 0 Å². The number of hydrogen-bond donors (Lipinski definition) is 0. The number of nitrogens with zero attached hydrogens (tertiary/aromatic N) is 4. The van der Waals surface area contributed by atoms with Gasteiger partial charge in [-0.3, -0.25) is 9.20 Å². The molecule has 0 bridgehead atoms. The minimum Gasteiger partial charge on any atom is -0.269 e. The second-order valence-corrected chi connectivity index (χ2v) is 8.00. The molecular formula is C11H10N4OS4. The Hall–Kier alpha value is -0.900. The molecule has 3 rings (SSSR count). The number of fused-ring (bicyclic) bond motifs is 1. The first-order chi connectivity index (χ1) is 9.67. The van der Waals surface area contributed by atoms with Gasteiger partial charge in [-0.05, 0) is 13.2 Å². The van der Waals surface area contributed by atoms with Crippen molar-refractivity contribution < 1.29 is 0 Å². The third kappa shape index (κ3) is 2.76. The molecule has 0 saturated heterocycles. The molecule has 0 aromatic carbocycles. The molecule has 0 N–H and O–H groups in total. The van der Waals surface area contributed by atoms with E-state index in [1.165, 1.54) is 11.3 Å². The molecule has 0 aliphatic rings. The highest BCUT2D eigenvalue weighted by Crippen LogP contribution is 2.29. The van der Waals surface area contributed by atoms with Gasteiger partial charge in [0.15, 0.2) is 13.6 Å². The normalized spacial score (nSPS) is 11.3. The number of hydrogen-bond acceptors (Lipinski definition) is 8. The van der Waals surface area contributed by atoms with Crippen molar-refractivity contribution in [3.8, 4) is 0 Å². The average Bonchev–Trinajstić information content (AvgIpc) is 3.03. The van der Waals surface area contributed by atoms with Crippen LogP contribution in [-0.4, -0.2) is 25.8 Å². The van der Waals surface area contributed by atoms with Gasteiger partial charge in [0.2, 0.25) is 0 Å². The predicted molar refractivity (Wildman–Crippen MR) is 85.3 cm³/mol. The van der Waals surface area contributed by atoms with Crippen molar-refractivity contribution in [2.24, 2.45) is 0 Å². The summed E-state index contributed by atoms with van der Waals surface area (Å²) in [6.45, 7) is 1.91. The highest BCUT2D eigenvalue weighted by molar-refractivity contribution is 8.02. The van der Waals surface area contributed by atoms with Crippen LogP contribution in [0.5, 0.6) is 0 Å². The van der Waals surface area contributed by atoms with Crippen LogP contribution in [0.25, 0.3) is 4.96 Å². The van der Waals surface area contributed by atoms with Gasteiger partial charge in [-0.1, -0.05) is 34.9 Å². The lowest BCUT2D eigenvalue weighted by molar-refractivity contribution is 0.954. The van der Waals surface area contributed by atoms with Crippen LogP contribution in [-0.2, 0) is 5.75 Å². The molecule has 0 saturated carbocycles. The molecule has 0 unspecified atom stereocenters. The third-order valence-electron chi connectivity index (χ3n) is 2.53. The van der Waals surface area contributed by atoms with Crippen LogP contribution in [0.1, 0.15) is 11.4 Å². The van der Waals surface area contributed by atoms with Gasteiger partial charge in [-0.2, -0.15) is 0 Å². The summed E-state index contributed by atoms with van der Waals surface area (Å²) in [6, 6.07) is 1.59. The second-order valence-electron chi connectivity index (χ2n) is 3.91. The Kier molecular flexibility index (Phi) is 4.11. The first-order valence-electron chi connectivity index (χ1n) is 5.64. The fraction of sp³-hybridized carbons (Fsp3) is 0.273. The first-order valence-corrected chi connectivity index (χ1v) is 9.55. The molecule has 3 aromatic heterocycles. The molecule has 9 heteroatoms. The van der Waals surface area contributed by atoms with Crippen molar-refractivity contribution in [2.75, 3.05) is 6.26 Å². The van der Waals surface area contributed by atoms with Crippen molar-refractivity contribution in [2.45, 2.75) is 21.4 Å². The fourth-order valence-electron chi connectivity index (χ4n) is 1.65. The van der Waals surface area contributed by atoms with Crippen LogP contribution in [0, 0.1) is 6.92 Å². The van der Waals surface area contributed by atoms with Gasteiger partial charge in [0, 0.05) is 22.9 Å². The highest BCUT2D eigenvalue weighted by atomic mass is 32.2. The minimum atomic E-state index is -0.0218. The molecule has 0 spiro atoms. The fourth-order valence-corrected chi connectivity index (χ4v) is 4.87. The van der Waals surface area contributed by atoms with E-state index >= 15 is 0 Å². The molecule has 3 aromatic rings. The smallest absolute Gasteiger partial charge is 0.258 e. The summed E-state index contributed by atoms with van der Waals surface area (Å²) in [6.07, 6.45) is 1.98.